The van der Waals surface area contributed by atoms with Crippen LogP contribution in [0.5, 0.6) is 0 Å². The molecule has 1 saturated carbocycles. The van der Waals surface area contributed by atoms with Crippen molar-refractivity contribution in [3.05, 3.63) is 23.8 Å². The number of amides is 1. The molecule has 0 heterocycles. The lowest BCUT2D eigenvalue weighted by molar-refractivity contribution is -0.121. The Balaban J connectivity index is 1.99. The van der Waals surface area contributed by atoms with Crippen LogP contribution < -0.4 is 11.1 Å². The molecule has 1 aromatic rings. The summed E-state index contributed by atoms with van der Waals surface area (Å²) in [6.07, 6.45) is 4.96. The lowest BCUT2D eigenvalue weighted by Crippen LogP contribution is -2.44. The number of carbonyl (C=O) groups excluding carboxylic acids is 1. The predicted molar refractivity (Wildman–Crippen MR) is 83.7 cm³/mol. The molecule has 4 heteroatoms. The van der Waals surface area contributed by atoms with E-state index in [-0.39, 0.29) is 11.9 Å². The number of anilines is 2. The third-order valence-corrected chi connectivity index (χ3v) is 4.40. The first kappa shape index (κ1) is 14.9. The van der Waals surface area contributed by atoms with Gasteiger partial charge in [-0.15, -0.1) is 0 Å². The van der Waals surface area contributed by atoms with Crippen molar-refractivity contribution in [2.75, 3.05) is 18.1 Å². The Labute approximate surface area is 121 Å². The van der Waals surface area contributed by atoms with Crippen molar-refractivity contribution in [2.24, 2.45) is 0 Å². The van der Waals surface area contributed by atoms with Gasteiger partial charge < -0.3 is 11.1 Å². The van der Waals surface area contributed by atoms with E-state index in [1.54, 1.807) is 0 Å². The first-order valence-corrected chi connectivity index (χ1v) is 7.38. The van der Waals surface area contributed by atoms with Gasteiger partial charge in [0.2, 0.25) is 5.91 Å². The number of hydrogen-bond donors (Lipinski definition) is 2. The standard InChI is InChI=1S/C16H25N3O/c1-11-10-13(17)8-9-15(11)18-16(20)12(2)19(3)14-6-4-5-7-14/h8-10,12,14H,4-7,17H2,1-3H3,(H,18,20). The largest absolute Gasteiger partial charge is 0.399 e. The fourth-order valence-electron chi connectivity index (χ4n) is 2.88. The molecule has 0 aromatic heterocycles. The number of likely N-dealkylation sites (N-methyl/N-ethyl adjacent to an activating group) is 1. The second-order valence-corrected chi connectivity index (χ2v) is 5.84. The average Bonchev–Trinajstić information content (AvgIpc) is 2.94. The Hall–Kier alpha value is -1.55. The van der Waals surface area contributed by atoms with Crippen molar-refractivity contribution in [1.82, 2.24) is 4.90 Å². The van der Waals surface area contributed by atoms with Crippen LogP contribution in [0, 0.1) is 6.92 Å². The highest BCUT2D eigenvalue weighted by Gasteiger charge is 2.27. The Morgan fingerprint density at radius 2 is 2.05 bits per heavy atom. The van der Waals surface area contributed by atoms with Crippen LogP contribution in [0.4, 0.5) is 11.4 Å². The van der Waals surface area contributed by atoms with Crippen molar-refractivity contribution >= 4 is 17.3 Å². The lowest BCUT2D eigenvalue weighted by Gasteiger charge is -2.29. The summed E-state index contributed by atoms with van der Waals surface area (Å²) in [4.78, 5) is 14.6. The van der Waals surface area contributed by atoms with Crippen LogP contribution in [0.1, 0.15) is 38.2 Å². The summed E-state index contributed by atoms with van der Waals surface area (Å²) in [5.41, 5.74) is 8.29. The normalized spacial score (nSPS) is 17.4. The first-order chi connectivity index (χ1) is 9.49. The molecule has 1 atom stereocenters. The van der Waals surface area contributed by atoms with E-state index in [0.717, 1.165) is 16.9 Å². The van der Waals surface area contributed by atoms with Crippen LogP contribution in [0.15, 0.2) is 18.2 Å². The van der Waals surface area contributed by atoms with E-state index in [0.29, 0.717) is 6.04 Å². The van der Waals surface area contributed by atoms with Crippen molar-refractivity contribution < 1.29 is 4.79 Å². The third kappa shape index (κ3) is 3.31. The van der Waals surface area contributed by atoms with E-state index in [2.05, 4.69) is 17.3 Å². The molecular weight excluding hydrogens is 250 g/mol. The summed E-state index contributed by atoms with van der Waals surface area (Å²) in [6, 6.07) is 5.98. The summed E-state index contributed by atoms with van der Waals surface area (Å²) in [7, 11) is 2.05. The summed E-state index contributed by atoms with van der Waals surface area (Å²) < 4.78 is 0. The Morgan fingerprint density at radius 3 is 2.65 bits per heavy atom. The molecule has 3 N–H and O–H groups in total. The molecule has 0 bridgehead atoms. The minimum Gasteiger partial charge on any atom is -0.399 e. The number of nitrogens with one attached hydrogen (secondary N) is 1. The zero-order chi connectivity index (χ0) is 14.7. The monoisotopic (exact) mass is 275 g/mol. The lowest BCUT2D eigenvalue weighted by atomic mass is 10.1. The molecule has 1 aromatic carbocycles. The zero-order valence-electron chi connectivity index (χ0n) is 12.6. The van der Waals surface area contributed by atoms with Gasteiger partial charge in [-0.1, -0.05) is 12.8 Å². The highest BCUT2D eigenvalue weighted by atomic mass is 16.2. The topological polar surface area (TPSA) is 58.4 Å². The minimum atomic E-state index is -0.116. The predicted octanol–water partition coefficient (Wildman–Crippen LogP) is 2.78. The van der Waals surface area contributed by atoms with Gasteiger partial charge in [0.1, 0.15) is 0 Å². The fraction of sp³-hybridized carbons (Fsp3) is 0.562. The molecule has 1 aliphatic carbocycles. The maximum Gasteiger partial charge on any atom is 0.241 e. The number of nitrogens with zero attached hydrogens (tertiary/aromatic N) is 1. The van der Waals surface area contributed by atoms with Crippen LogP contribution in [0.25, 0.3) is 0 Å². The van der Waals surface area contributed by atoms with Gasteiger partial charge in [-0.2, -0.15) is 0 Å². The molecule has 1 unspecified atom stereocenters. The van der Waals surface area contributed by atoms with Crippen molar-refractivity contribution in [3.63, 3.8) is 0 Å². The van der Waals surface area contributed by atoms with Crippen molar-refractivity contribution in [3.8, 4) is 0 Å². The molecule has 2 rings (SSSR count). The number of hydrogen-bond acceptors (Lipinski definition) is 3. The van der Waals surface area contributed by atoms with Gasteiger partial charge >= 0.3 is 0 Å². The summed E-state index contributed by atoms with van der Waals surface area (Å²) in [6.45, 7) is 3.93. The number of nitrogens with two attached hydrogens (primary N) is 1. The molecule has 0 saturated heterocycles. The second kappa shape index (κ2) is 6.27. The van der Waals surface area contributed by atoms with Crippen LogP contribution in [0.2, 0.25) is 0 Å². The molecular formula is C16H25N3O. The fourth-order valence-corrected chi connectivity index (χ4v) is 2.88. The van der Waals surface area contributed by atoms with Crippen LogP contribution in [-0.2, 0) is 4.79 Å². The molecule has 1 amide bonds. The van der Waals surface area contributed by atoms with Crippen LogP contribution >= 0.6 is 0 Å². The molecule has 1 aliphatic rings. The first-order valence-electron chi connectivity index (χ1n) is 7.38. The average molecular weight is 275 g/mol. The second-order valence-electron chi connectivity index (χ2n) is 5.84. The van der Waals surface area contributed by atoms with Crippen molar-refractivity contribution in [1.29, 1.82) is 0 Å². The quantitative estimate of drug-likeness (QED) is 0.831. The smallest absolute Gasteiger partial charge is 0.241 e. The number of benzene rings is 1. The number of nitrogen functional groups attached to an aromatic ring is 1. The van der Waals surface area contributed by atoms with Gasteiger partial charge in [0.25, 0.3) is 0 Å². The zero-order valence-corrected chi connectivity index (χ0v) is 12.6. The van der Waals surface area contributed by atoms with Crippen molar-refractivity contribution in [2.45, 2.75) is 51.6 Å². The van der Waals surface area contributed by atoms with Gasteiger partial charge in [0.05, 0.1) is 6.04 Å². The van der Waals surface area contributed by atoms with E-state index in [1.807, 2.05) is 32.0 Å². The summed E-state index contributed by atoms with van der Waals surface area (Å²) in [5.74, 6) is 0.0484. The number of rotatable bonds is 4. The van der Waals surface area contributed by atoms with Crippen LogP contribution in [0.3, 0.4) is 0 Å². The Morgan fingerprint density at radius 1 is 1.40 bits per heavy atom. The van der Waals surface area contributed by atoms with Gasteiger partial charge in [-0.25, -0.2) is 0 Å². The maximum absolute atomic E-state index is 12.4. The van der Waals surface area contributed by atoms with Gasteiger partial charge in [-0.3, -0.25) is 9.69 Å². The molecule has 110 valence electrons. The number of aryl methyl sites for hydroxylation is 1. The van der Waals surface area contributed by atoms with E-state index in [4.69, 9.17) is 5.73 Å². The highest BCUT2D eigenvalue weighted by Crippen LogP contribution is 2.24. The maximum atomic E-state index is 12.4. The molecule has 20 heavy (non-hydrogen) atoms. The van der Waals surface area contributed by atoms with E-state index < -0.39 is 0 Å². The van der Waals surface area contributed by atoms with E-state index in [1.165, 1.54) is 25.7 Å². The molecule has 0 aliphatic heterocycles. The summed E-state index contributed by atoms with van der Waals surface area (Å²) in [5, 5.41) is 3.01. The van der Waals surface area contributed by atoms with Crippen LogP contribution in [-0.4, -0.2) is 29.9 Å². The van der Waals surface area contributed by atoms with E-state index >= 15 is 0 Å². The highest BCUT2D eigenvalue weighted by molar-refractivity contribution is 5.95. The Bertz CT molecular complexity index is 481. The Kier molecular flexibility index (Phi) is 4.65. The van der Waals surface area contributed by atoms with Gasteiger partial charge in [0, 0.05) is 17.4 Å². The number of carbonyl (C=O) groups is 1. The minimum absolute atomic E-state index is 0.0484. The SMILES string of the molecule is Cc1cc(N)ccc1NC(=O)C(C)N(C)C1CCCC1. The molecule has 1 fully saturated rings. The van der Waals surface area contributed by atoms with Gasteiger partial charge in [0.15, 0.2) is 0 Å². The third-order valence-electron chi connectivity index (χ3n) is 4.40. The molecule has 0 spiro atoms. The molecule has 4 nitrogen and oxygen atoms in total. The molecule has 0 radical (unpaired) electrons. The van der Waals surface area contributed by atoms with E-state index in [9.17, 15) is 4.79 Å². The summed E-state index contributed by atoms with van der Waals surface area (Å²) >= 11 is 0. The van der Waals surface area contributed by atoms with Gasteiger partial charge in [-0.05, 0) is 57.5 Å².